The van der Waals surface area contributed by atoms with Crippen LogP contribution in [0.2, 0.25) is 0 Å². The molecule has 3 aromatic rings. The average molecular weight is 531 g/mol. The summed E-state index contributed by atoms with van der Waals surface area (Å²) in [7, 11) is -2.76. The molecule has 1 aliphatic rings. The molecule has 0 radical (unpaired) electrons. The highest BCUT2D eigenvalue weighted by molar-refractivity contribution is 7.89. The number of carbonyl (C=O) groups excluding carboxylic acids is 1. The maximum absolute atomic E-state index is 13.3. The number of aromatic nitrogens is 1. The first-order chi connectivity index (χ1) is 16.4. The molecular formula is C22H22F4N4O3S2. The molecule has 1 aromatic heterocycles. The lowest BCUT2D eigenvalue weighted by atomic mass is 10.1. The van der Waals surface area contributed by atoms with Crippen LogP contribution in [0, 0.1) is 5.82 Å². The summed E-state index contributed by atoms with van der Waals surface area (Å²) >= 11 is 1.16. The fourth-order valence-corrected chi connectivity index (χ4v) is 6.32. The maximum Gasteiger partial charge on any atom is 0.416 e. The zero-order valence-corrected chi connectivity index (χ0v) is 20.2. The highest BCUT2D eigenvalue weighted by Crippen LogP contribution is 2.32. The van der Waals surface area contributed by atoms with Crippen molar-refractivity contribution in [2.24, 2.45) is 0 Å². The number of sulfonamides is 1. The second-order valence-electron chi connectivity index (χ2n) is 8.23. The first kappa shape index (κ1) is 25.5. The van der Waals surface area contributed by atoms with E-state index >= 15 is 0 Å². The van der Waals surface area contributed by atoms with E-state index in [1.165, 1.54) is 25.2 Å². The zero-order chi connectivity index (χ0) is 25.4. The van der Waals surface area contributed by atoms with Gasteiger partial charge in [-0.05, 0) is 49.2 Å². The molecule has 1 fully saturated rings. The van der Waals surface area contributed by atoms with Crippen LogP contribution in [0.3, 0.4) is 0 Å². The number of anilines is 1. The Balaban J connectivity index is 1.33. The first-order valence-electron chi connectivity index (χ1n) is 10.7. The minimum absolute atomic E-state index is 0.0705. The number of halogens is 4. The summed E-state index contributed by atoms with van der Waals surface area (Å²) in [5.74, 6) is -0.685. The van der Waals surface area contributed by atoms with Crippen molar-refractivity contribution >= 4 is 42.6 Å². The number of fused-ring (bicyclic) bond motifs is 1. The molecular weight excluding hydrogens is 508 g/mol. The van der Waals surface area contributed by atoms with Crippen molar-refractivity contribution in [3.05, 3.63) is 53.8 Å². The number of alkyl halides is 3. The molecule has 1 aliphatic heterocycles. The van der Waals surface area contributed by atoms with Crippen molar-refractivity contribution in [2.75, 3.05) is 32.0 Å². The van der Waals surface area contributed by atoms with Crippen LogP contribution in [-0.4, -0.2) is 61.2 Å². The molecule has 2 aromatic carbocycles. The number of nitrogens with one attached hydrogen (secondary N) is 1. The zero-order valence-electron chi connectivity index (χ0n) is 18.5. The normalized spacial score (nSPS) is 16.2. The molecule has 188 valence electrons. The Labute approximate surface area is 203 Å². The molecule has 35 heavy (non-hydrogen) atoms. The minimum atomic E-state index is -4.64. The molecule has 0 atom stereocenters. The highest BCUT2D eigenvalue weighted by atomic mass is 32.2. The number of benzene rings is 2. The van der Waals surface area contributed by atoms with E-state index in [1.807, 2.05) is 4.90 Å². The van der Waals surface area contributed by atoms with Crippen molar-refractivity contribution in [1.82, 2.24) is 14.2 Å². The number of rotatable bonds is 6. The van der Waals surface area contributed by atoms with Crippen molar-refractivity contribution in [1.29, 1.82) is 0 Å². The van der Waals surface area contributed by atoms with E-state index in [9.17, 15) is 30.8 Å². The molecule has 7 nitrogen and oxygen atoms in total. The van der Waals surface area contributed by atoms with Gasteiger partial charge in [0.15, 0.2) is 5.13 Å². The van der Waals surface area contributed by atoms with Gasteiger partial charge in [0.2, 0.25) is 15.9 Å². The number of thiazole rings is 1. The van der Waals surface area contributed by atoms with Gasteiger partial charge in [-0.15, -0.1) is 0 Å². The van der Waals surface area contributed by atoms with E-state index in [2.05, 4.69) is 10.3 Å². The summed E-state index contributed by atoms with van der Waals surface area (Å²) in [5, 5.41) is 3.06. The predicted octanol–water partition coefficient (Wildman–Crippen LogP) is 4.18. The van der Waals surface area contributed by atoms with E-state index < -0.39 is 32.7 Å². The van der Waals surface area contributed by atoms with Gasteiger partial charge in [0.25, 0.3) is 0 Å². The highest BCUT2D eigenvalue weighted by Gasteiger charge is 2.35. The largest absolute Gasteiger partial charge is 0.416 e. The van der Waals surface area contributed by atoms with Crippen molar-refractivity contribution in [3.8, 4) is 0 Å². The topological polar surface area (TPSA) is 82.6 Å². The van der Waals surface area contributed by atoms with Gasteiger partial charge in [0, 0.05) is 26.2 Å². The third kappa shape index (κ3) is 5.80. The van der Waals surface area contributed by atoms with Crippen molar-refractivity contribution in [2.45, 2.75) is 30.0 Å². The number of amides is 1. The Morgan fingerprint density at radius 1 is 1.20 bits per heavy atom. The van der Waals surface area contributed by atoms with Crippen LogP contribution in [0.1, 0.15) is 18.4 Å². The van der Waals surface area contributed by atoms with E-state index in [1.54, 1.807) is 0 Å². The summed E-state index contributed by atoms with van der Waals surface area (Å²) in [4.78, 5) is 18.2. The molecule has 0 unspecified atom stereocenters. The van der Waals surface area contributed by atoms with Crippen LogP contribution in [0.4, 0.5) is 22.7 Å². The van der Waals surface area contributed by atoms with Gasteiger partial charge >= 0.3 is 6.18 Å². The van der Waals surface area contributed by atoms with E-state index in [4.69, 9.17) is 0 Å². The third-order valence-electron chi connectivity index (χ3n) is 5.87. The Morgan fingerprint density at radius 2 is 1.91 bits per heavy atom. The molecule has 1 amide bonds. The lowest BCUT2D eigenvalue weighted by Gasteiger charge is -2.35. The SMILES string of the molecule is CN(C1CCN(CC(=O)Nc2nc3ccc(F)cc3s2)CC1)S(=O)(=O)c1cccc(C(F)(F)F)c1. The molecule has 13 heteroatoms. The number of piperidine rings is 1. The fraction of sp³-hybridized carbons (Fsp3) is 0.364. The van der Waals surface area contributed by atoms with Gasteiger partial charge in [-0.25, -0.2) is 17.8 Å². The summed E-state index contributed by atoms with van der Waals surface area (Å²) in [5.41, 5.74) is -0.441. The standard InChI is InChI=1S/C22H22F4N4O3S2/c1-29(35(32,33)17-4-2-3-14(11-17)22(24,25)26)16-7-9-30(10-8-16)13-20(31)28-21-27-18-6-5-15(23)12-19(18)34-21/h2-6,11-12,16H,7-10,13H2,1H3,(H,27,28,31). The van der Waals surface area contributed by atoms with Gasteiger partial charge < -0.3 is 5.32 Å². The number of hydrogen-bond donors (Lipinski definition) is 1. The molecule has 2 heterocycles. The minimum Gasteiger partial charge on any atom is -0.301 e. The third-order valence-corrected chi connectivity index (χ3v) is 8.71. The van der Waals surface area contributed by atoms with Gasteiger partial charge in [0.1, 0.15) is 5.82 Å². The second kappa shape index (κ2) is 9.80. The van der Waals surface area contributed by atoms with Crippen LogP contribution in [0.5, 0.6) is 0 Å². The van der Waals surface area contributed by atoms with Crippen LogP contribution in [0.25, 0.3) is 10.2 Å². The maximum atomic E-state index is 13.3. The quantitative estimate of drug-likeness (QED) is 0.484. The Hall–Kier alpha value is -2.61. The first-order valence-corrected chi connectivity index (χ1v) is 12.9. The van der Waals surface area contributed by atoms with E-state index in [0.29, 0.717) is 47.3 Å². The van der Waals surface area contributed by atoms with E-state index in [0.717, 1.165) is 33.8 Å². The van der Waals surface area contributed by atoms with Crippen LogP contribution in [0.15, 0.2) is 47.4 Å². The summed E-state index contributed by atoms with van der Waals surface area (Å²) in [6.07, 6.45) is -3.80. The van der Waals surface area contributed by atoms with Crippen LogP contribution < -0.4 is 5.32 Å². The number of carbonyl (C=O) groups is 1. The lowest BCUT2D eigenvalue weighted by Crippen LogP contribution is -2.47. The van der Waals surface area contributed by atoms with Crippen molar-refractivity contribution < 1.29 is 30.8 Å². The van der Waals surface area contributed by atoms with Gasteiger partial charge in [0.05, 0.1) is 27.2 Å². The Kier molecular flexibility index (Phi) is 7.13. The summed E-state index contributed by atoms with van der Waals surface area (Å²) in [6.45, 7) is 0.943. The smallest absolute Gasteiger partial charge is 0.301 e. The number of likely N-dealkylation sites (tertiary alicyclic amines) is 1. The average Bonchev–Trinajstić information content (AvgIpc) is 3.19. The van der Waals surface area contributed by atoms with Crippen molar-refractivity contribution in [3.63, 3.8) is 0 Å². The van der Waals surface area contributed by atoms with E-state index in [-0.39, 0.29) is 18.3 Å². The van der Waals surface area contributed by atoms with Gasteiger partial charge in [-0.3, -0.25) is 9.69 Å². The molecule has 1 saturated heterocycles. The molecule has 0 aliphatic carbocycles. The number of nitrogens with zero attached hydrogens (tertiary/aromatic N) is 3. The molecule has 0 saturated carbocycles. The lowest BCUT2D eigenvalue weighted by molar-refractivity contribution is -0.137. The molecule has 4 rings (SSSR count). The fourth-order valence-electron chi connectivity index (χ4n) is 3.95. The van der Waals surface area contributed by atoms with Crippen LogP contribution in [-0.2, 0) is 21.0 Å². The Morgan fingerprint density at radius 3 is 2.60 bits per heavy atom. The van der Waals surface area contributed by atoms with Crippen LogP contribution >= 0.6 is 11.3 Å². The van der Waals surface area contributed by atoms with Gasteiger partial charge in [-0.2, -0.15) is 17.5 Å². The number of hydrogen-bond acceptors (Lipinski definition) is 6. The molecule has 0 bridgehead atoms. The predicted molar refractivity (Wildman–Crippen MR) is 124 cm³/mol. The summed E-state index contributed by atoms with van der Waals surface area (Å²) in [6, 6.07) is 7.46. The summed E-state index contributed by atoms with van der Waals surface area (Å²) < 4.78 is 79.9. The van der Waals surface area contributed by atoms with Gasteiger partial charge in [-0.1, -0.05) is 17.4 Å². The second-order valence-corrected chi connectivity index (χ2v) is 11.3. The molecule has 1 N–H and O–H groups in total. The molecule has 0 spiro atoms. The Bertz CT molecular complexity index is 1340. The monoisotopic (exact) mass is 530 g/mol.